The molecule has 1 aromatic rings. The summed E-state index contributed by atoms with van der Waals surface area (Å²) in [5.41, 5.74) is 1.72. The number of urea groups is 1. The van der Waals surface area contributed by atoms with Crippen molar-refractivity contribution >= 4 is 12.0 Å². The molecule has 8 heteroatoms. The van der Waals surface area contributed by atoms with Crippen LogP contribution in [0.2, 0.25) is 0 Å². The van der Waals surface area contributed by atoms with Gasteiger partial charge in [-0.15, -0.1) is 0 Å². The normalized spacial score (nSPS) is 22.2. The molecule has 0 spiro atoms. The van der Waals surface area contributed by atoms with Gasteiger partial charge in [-0.25, -0.2) is 9.59 Å². The van der Waals surface area contributed by atoms with Crippen molar-refractivity contribution in [1.82, 2.24) is 15.5 Å². The molecule has 30 heavy (non-hydrogen) atoms. The van der Waals surface area contributed by atoms with E-state index in [4.69, 9.17) is 14.2 Å². The first kappa shape index (κ1) is 22.0. The number of amides is 2. The van der Waals surface area contributed by atoms with Crippen LogP contribution >= 0.6 is 0 Å². The quantitative estimate of drug-likeness (QED) is 0.663. The topological polar surface area (TPSA) is 89.1 Å². The number of nitrogens with one attached hydrogen (secondary N) is 2. The Bertz CT molecular complexity index is 823. The Morgan fingerprint density at radius 2 is 1.97 bits per heavy atom. The zero-order chi connectivity index (χ0) is 21.7. The number of rotatable bonds is 7. The predicted molar refractivity (Wildman–Crippen MR) is 112 cm³/mol. The highest BCUT2D eigenvalue weighted by molar-refractivity contribution is 5.95. The molecule has 164 valence electrons. The molecule has 0 saturated carbocycles. The van der Waals surface area contributed by atoms with E-state index in [-0.39, 0.29) is 12.6 Å². The molecular weight excluding hydrogens is 386 g/mol. The molecule has 0 radical (unpaired) electrons. The fraction of sp³-hybridized carbons (Fsp3) is 0.545. The van der Waals surface area contributed by atoms with Crippen LogP contribution in [0.4, 0.5) is 4.79 Å². The minimum atomic E-state index is -0.646. The third kappa shape index (κ3) is 4.70. The summed E-state index contributed by atoms with van der Waals surface area (Å²) >= 11 is 0. The first-order valence-electron chi connectivity index (χ1n) is 10.4. The van der Waals surface area contributed by atoms with Crippen molar-refractivity contribution in [3.8, 4) is 11.5 Å². The summed E-state index contributed by atoms with van der Waals surface area (Å²) in [6, 6.07) is 4.75. The van der Waals surface area contributed by atoms with Crippen LogP contribution in [0.25, 0.3) is 0 Å². The van der Waals surface area contributed by atoms with Crippen LogP contribution in [0.5, 0.6) is 11.5 Å². The lowest BCUT2D eigenvalue weighted by atomic mass is 9.94. The van der Waals surface area contributed by atoms with Gasteiger partial charge >= 0.3 is 12.0 Å². The second-order valence-electron chi connectivity index (χ2n) is 7.57. The summed E-state index contributed by atoms with van der Waals surface area (Å²) in [5.74, 6) is 0.659. The Kier molecular flexibility index (Phi) is 7.20. The zero-order valence-electron chi connectivity index (χ0n) is 18.1. The van der Waals surface area contributed by atoms with Crippen molar-refractivity contribution in [2.45, 2.75) is 45.2 Å². The van der Waals surface area contributed by atoms with Gasteiger partial charge in [-0.1, -0.05) is 12.5 Å². The number of esters is 1. The second kappa shape index (κ2) is 9.84. The maximum atomic E-state index is 13.0. The first-order chi connectivity index (χ1) is 14.5. The van der Waals surface area contributed by atoms with E-state index in [1.54, 1.807) is 33.3 Å². The molecule has 0 bridgehead atoms. The van der Waals surface area contributed by atoms with Gasteiger partial charge in [-0.2, -0.15) is 0 Å². The number of ether oxygens (including phenoxy) is 3. The van der Waals surface area contributed by atoms with Gasteiger partial charge in [0.1, 0.15) is 0 Å². The summed E-state index contributed by atoms with van der Waals surface area (Å²) in [6.07, 6.45) is 3.41. The lowest BCUT2D eigenvalue weighted by Crippen LogP contribution is -2.50. The van der Waals surface area contributed by atoms with Crippen LogP contribution in [0, 0.1) is 0 Å². The Balaban J connectivity index is 2.03. The Labute approximate surface area is 177 Å². The van der Waals surface area contributed by atoms with E-state index in [2.05, 4.69) is 22.5 Å². The van der Waals surface area contributed by atoms with Crippen molar-refractivity contribution in [3.05, 3.63) is 35.0 Å². The summed E-state index contributed by atoms with van der Waals surface area (Å²) in [5, 5.41) is 5.72. The fourth-order valence-corrected chi connectivity index (χ4v) is 4.07. The molecule has 2 atom stereocenters. The van der Waals surface area contributed by atoms with E-state index in [9.17, 15) is 9.59 Å². The fourth-order valence-electron chi connectivity index (χ4n) is 4.07. The van der Waals surface area contributed by atoms with Gasteiger partial charge in [0.25, 0.3) is 0 Å². The van der Waals surface area contributed by atoms with Crippen molar-refractivity contribution in [2.24, 2.45) is 0 Å². The summed E-state index contributed by atoms with van der Waals surface area (Å²) in [4.78, 5) is 27.8. The van der Waals surface area contributed by atoms with E-state index in [0.29, 0.717) is 35.4 Å². The van der Waals surface area contributed by atoms with Gasteiger partial charge < -0.3 is 24.8 Å². The molecule has 0 aliphatic carbocycles. The third-order valence-corrected chi connectivity index (χ3v) is 5.69. The number of nitrogens with zero attached hydrogens (tertiary/aromatic N) is 1. The molecule has 1 aromatic carbocycles. The van der Waals surface area contributed by atoms with E-state index in [1.165, 1.54) is 6.42 Å². The van der Waals surface area contributed by atoms with Crippen LogP contribution < -0.4 is 20.1 Å². The monoisotopic (exact) mass is 417 g/mol. The molecule has 1 fully saturated rings. The summed E-state index contributed by atoms with van der Waals surface area (Å²) in [7, 11) is 3.11. The van der Waals surface area contributed by atoms with Crippen LogP contribution in [-0.2, 0) is 9.53 Å². The number of likely N-dealkylation sites (tertiary alicyclic amines) is 1. The Morgan fingerprint density at radius 3 is 2.63 bits per heavy atom. The number of methoxy groups -OCH3 is 2. The van der Waals surface area contributed by atoms with E-state index < -0.39 is 12.0 Å². The van der Waals surface area contributed by atoms with Crippen molar-refractivity contribution in [2.75, 3.05) is 33.9 Å². The summed E-state index contributed by atoms with van der Waals surface area (Å²) in [6.45, 7) is 5.63. The number of hydrogen-bond donors (Lipinski definition) is 2. The van der Waals surface area contributed by atoms with E-state index in [0.717, 1.165) is 24.9 Å². The van der Waals surface area contributed by atoms with Crippen LogP contribution in [0.3, 0.4) is 0 Å². The highest BCUT2D eigenvalue weighted by Crippen LogP contribution is 2.35. The molecule has 2 unspecified atom stereocenters. The molecule has 2 N–H and O–H groups in total. The second-order valence-corrected chi connectivity index (χ2v) is 7.57. The number of carbonyl (C=O) groups is 2. The molecule has 2 aliphatic heterocycles. The van der Waals surface area contributed by atoms with Crippen molar-refractivity contribution < 1.29 is 23.8 Å². The average molecular weight is 418 g/mol. The molecule has 3 rings (SSSR count). The molecule has 8 nitrogen and oxygen atoms in total. The summed E-state index contributed by atoms with van der Waals surface area (Å²) < 4.78 is 16.1. The largest absolute Gasteiger partial charge is 0.493 e. The molecule has 2 amide bonds. The van der Waals surface area contributed by atoms with Gasteiger partial charge in [0.15, 0.2) is 11.5 Å². The number of benzene rings is 1. The van der Waals surface area contributed by atoms with E-state index >= 15 is 0 Å². The third-order valence-electron chi connectivity index (χ3n) is 5.69. The highest BCUT2D eigenvalue weighted by atomic mass is 16.5. The number of piperidine rings is 1. The molecular formula is C22H31N3O5. The van der Waals surface area contributed by atoms with Crippen molar-refractivity contribution in [1.29, 1.82) is 0 Å². The molecule has 2 aliphatic rings. The Morgan fingerprint density at radius 1 is 1.20 bits per heavy atom. The van der Waals surface area contributed by atoms with Crippen LogP contribution in [0.1, 0.15) is 44.7 Å². The minimum Gasteiger partial charge on any atom is -0.493 e. The van der Waals surface area contributed by atoms with Gasteiger partial charge in [0.2, 0.25) is 0 Å². The molecule has 1 saturated heterocycles. The maximum absolute atomic E-state index is 13.0. The first-order valence-corrected chi connectivity index (χ1v) is 10.4. The van der Waals surface area contributed by atoms with Gasteiger partial charge in [-0.3, -0.25) is 4.90 Å². The zero-order valence-corrected chi connectivity index (χ0v) is 18.1. The highest BCUT2D eigenvalue weighted by Gasteiger charge is 2.35. The SMILES string of the molecule is CCOC(=O)C1=C(CN2CCCCC2C)NC(=O)NC1c1ccc(OC)c(OC)c1. The standard InChI is InChI=1S/C22H31N3O5/c1-5-30-21(26)19-16(13-25-11-7-6-8-14(25)2)23-22(27)24-20(19)15-9-10-17(28-3)18(12-15)29-4/h9-10,12,14,20H,5-8,11,13H2,1-4H3,(H2,23,24,27). The van der Waals surface area contributed by atoms with Crippen molar-refractivity contribution in [3.63, 3.8) is 0 Å². The number of hydrogen-bond acceptors (Lipinski definition) is 6. The average Bonchev–Trinajstić information content (AvgIpc) is 2.74. The lowest BCUT2D eigenvalue weighted by molar-refractivity contribution is -0.139. The lowest BCUT2D eigenvalue weighted by Gasteiger charge is -2.36. The van der Waals surface area contributed by atoms with Crippen LogP contribution in [0.15, 0.2) is 29.5 Å². The predicted octanol–water partition coefficient (Wildman–Crippen LogP) is 2.75. The molecule has 0 aromatic heterocycles. The Hall–Kier alpha value is -2.74. The maximum Gasteiger partial charge on any atom is 0.338 e. The molecule has 2 heterocycles. The number of carbonyl (C=O) groups excluding carboxylic acids is 2. The van der Waals surface area contributed by atoms with Gasteiger partial charge in [0, 0.05) is 18.3 Å². The van der Waals surface area contributed by atoms with Gasteiger partial charge in [-0.05, 0) is 50.9 Å². The van der Waals surface area contributed by atoms with E-state index in [1.807, 2.05) is 6.07 Å². The minimum absolute atomic E-state index is 0.252. The smallest absolute Gasteiger partial charge is 0.338 e. The van der Waals surface area contributed by atoms with Gasteiger partial charge in [0.05, 0.1) is 32.4 Å². The van der Waals surface area contributed by atoms with Crippen LogP contribution in [-0.4, -0.2) is 56.9 Å².